The van der Waals surface area contributed by atoms with Crippen molar-refractivity contribution < 1.29 is 14.3 Å². The monoisotopic (exact) mass is 290 g/mol. The minimum absolute atomic E-state index is 0.00760. The maximum absolute atomic E-state index is 11.9. The molecule has 19 heavy (non-hydrogen) atoms. The number of rotatable bonds is 9. The third-order valence-corrected chi connectivity index (χ3v) is 4.12. The zero-order valence-electron chi connectivity index (χ0n) is 12.0. The molecule has 0 saturated heterocycles. The number of carbonyl (C=O) groups is 1. The van der Waals surface area contributed by atoms with Crippen LogP contribution < -0.4 is 0 Å². The molecule has 0 spiro atoms. The van der Waals surface area contributed by atoms with Crippen LogP contribution in [0.15, 0.2) is 0 Å². The Kier molecular flexibility index (Phi) is 9.27. The number of hydrogen-bond donors (Lipinski definition) is 0. The van der Waals surface area contributed by atoms with Crippen molar-refractivity contribution in [3.8, 4) is 0 Å². The fourth-order valence-electron chi connectivity index (χ4n) is 2.64. The summed E-state index contributed by atoms with van der Waals surface area (Å²) in [6.45, 7) is 1.39. The van der Waals surface area contributed by atoms with E-state index >= 15 is 0 Å². The number of halogens is 1. The number of esters is 1. The van der Waals surface area contributed by atoms with Gasteiger partial charge in [0.2, 0.25) is 0 Å². The molecule has 1 saturated carbocycles. The molecular weight excluding hydrogens is 264 g/mol. The maximum atomic E-state index is 11.9. The van der Waals surface area contributed by atoms with E-state index in [4.69, 9.17) is 21.1 Å². The van der Waals surface area contributed by atoms with Crippen molar-refractivity contribution in [3.05, 3.63) is 0 Å². The number of methoxy groups -OCH3 is 1. The summed E-state index contributed by atoms with van der Waals surface area (Å²) in [4.78, 5) is 11.9. The summed E-state index contributed by atoms with van der Waals surface area (Å²) >= 11 is 5.61. The van der Waals surface area contributed by atoms with Crippen molar-refractivity contribution in [2.75, 3.05) is 26.2 Å². The summed E-state index contributed by atoms with van der Waals surface area (Å²) in [5, 5.41) is 0. The first-order chi connectivity index (χ1) is 9.27. The van der Waals surface area contributed by atoms with E-state index in [0.717, 1.165) is 63.9 Å². The molecule has 3 nitrogen and oxygen atoms in total. The molecule has 0 aromatic heterocycles. The van der Waals surface area contributed by atoms with Gasteiger partial charge in [0.25, 0.3) is 0 Å². The molecule has 1 fully saturated rings. The Morgan fingerprint density at radius 3 is 2.42 bits per heavy atom. The van der Waals surface area contributed by atoms with Crippen LogP contribution in [0.5, 0.6) is 0 Å². The van der Waals surface area contributed by atoms with Gasteiger partial charge in [-0.2, -0.15) is 0 Å². The predicted molar refractivity (Wildman–Crippen MR) is 77.5 cm³/mol. The van der Waals surface area contributed by atoms with Crippen LogP contribution >= 0.6 is 11.6 Å². The van der Waals surface area contributed by atoms with Crippen LogP contribution in [0.25, 0.3) is 0 Å². The van der Waals surface area contributed by atoms with Gasteiger partial charge in [0, 0.05) is 19.6 Å². The van der Waals surface area contributed by atoms with E-state index in [2.05, 4.69) is 0 Å². The number of carbonyl (C=O) groups excluding carboxylic acids is 1. The van der Waals surface area contributed by atoms with Gasteiger partial charge in [-0.25, -0.2) is 0 Å². The summed E-state index contributed by atoms with van der Waals surface area (Å²) < 4.78 is 10.5. The molecule has 4 heteroatoms. The smallest absolute Gasteiger partial charge is 0.308 e. The Morgan fingerprint density at radius 1 is 1.11 bits per heavy atom. The lowest BCUT2D eigenvalue weighted by Gasteiger charge is -2.26. The molecule has 0 aliphatic heterocycles. The zero-order chi connectivity index (χ0) is 13.9. The first-order valence-electron chi connectivity index (χ1n) is 7.49. The van der Waals surface area contributed by atoms with Crippen LogP contribution in [-0.4, -0.2) is 32.2 Å². The van der Waals surface area contributed by atoms with E-state index in [1.165, 1.54) is 0 Å². The SMILES string of the molecule is COCC1CCC(C(=O)OCCCCCCCl)CC1. The molecule has 0 aromatic carbocycles. The summed E-state index contributed by atoms with van der Waals surface area (Å²) in [6, 6.07) is 0. The van der Waals surface area contributed by atoms with Crippen LogP contribution in [0.3, 0.4) is 0 Å². The molecule has 0 radical (unpaired) electrons. The average molecular weight is 291 g/mol. The third kappa shape index (κ3) is 7.17. The van der Waals surface area contributed by atoms with Gasteiger partial charge in [-0.05, 0) is 44.4 Å². The van der Waals surface area contributed by atoms with Crippen LogP contribution in [0.1, 0.15) is 51.4 Å². The Labute approximate surface area is 122 Å². The number of hydrogen-bond acceptors (Lipinski definition) is 3. The van der Waals surface area contributed by atoms with Gasteiger partial charge in [-0.3, -0.25) is 4.79 Å². The molecule has 0 aromatic rings. The van der Waals surface area contributed by atoms with E-state index in [9.17, 15) is 4.79 Å². The number of ether oxygens (including phenoxy) is 2. The summed E-state index contributed by atoms with van der Waals surface area (Å²) in [5.41, 5.74) is 0. The molecule has 0 amide bonds. The van der Waals surface area contributed by atoms with Crippen molar-refractivity contribution in [3.63, 3.8) is 0 Å². The summed E-state index contributed by atoms with van der Waals surface area (Å²) in [7, 11) is 1.74. The van der Waals surface area contributed by atoms with E-state index in [1.54, 1.807) is 7.11 Å². The standard InChI is InChI=1S/C15H27ClO3/c1-18-12-13-6-8-14(9-7-13)15(17)19-11-5-3-2-4-10-16/h13-14H,2-12H2,1H3. The van der Waals surface area contributed by atoms with Crippen molar-refractivity contribution in [2.45, 2.75) is 51.4 Å². The van der Waals surface area contributed by atoms with Gasteiger partial charge in [0.1, 0.15) is 0 Å². The lowest BCUT2D eigenvalue weighted by molar-refractivity contribution is -0.150. The van der Waals surface area contributed by atoms with Crippen molar-refractivity contribution in [1.29, 1.82) is 0 Å². The third-order valence-electron chi connectivity index (χ3n) is 3.85. The topological polar surface area (TPSA) is 35.5 Å². The highest BCUT2D eigenvalue weighted by Gasteiger charge is 2.27. The first-order valence-corrected chi connectivity index (χ1v) is 8.03. The van der Waals surface area contributed by atoms with Gasteiger partial charge >= 0.3 is 5.97 Å². The van der Waals surface area contributed by atoms with Crippen molar-refractivity contribution in [2.24, 2.45) is 11.8 Å². The summed E-state index contributed by atoms with van der Waals surface area (Å²) in [5.74, 6) is 1.48. The van der Waals surface area contributed by atoms with Crippen molar-refractivity contribution in [1.82, 2.24) is 0 Å². The molecule has 0 unspecified atom stereocenters. The van der Waals surface area contributed by atoms with Crippen LogP contribution in [0.2, 0.25) is 0 Å². The molecule has 0 heterocycles. The van der Waals surface area contributed by atoms with Gasteiger partial charge in [-0.1, -0.05) is 12.8 Å². The van der Waals surface area contributed by atoms with Gasteiger partial charge in [-0.15, -0.1) is 11.6 Å². The van der Waals surface area contributed by atoms with Crippen LogP contribution in [0.4, 0.5) is 0 Å². The van der Waals surface area contributed by atoms with Crippen molar-refractivity contribution >= 4 is 17.6 Å². The van der Waals surface area contributed by atoms with E-state index < -0.39 is 0 Å². The molecule has 0 bridgehead atoms. The Balaban J connectivity index is 2.04. The van der Waals surface area contributed by atoms with Gasteiger partial charge in [0.05, 0.1) is 12.5 Å². The van der Waals surface area contributed by atoms with Crippen LogP contribution in [0, 0.1) is 11.8 Å². The second-order valence-corrected chi connectivity index (χ2v) is 5.82. The van der Waals surface area contributed by atoms with E-state index in [-0.39, 0.29) is 11.9 Å². The first kappa shape index (κ1) is 16.8. The minimum atomic E-state index is 0.00760. The lowest BCUT2D eigenvalue weighted by atomic mass is 9.82. The van der Waals surface area contributed by atoms with E-state index in [0.29, 0.717) is 12.5 Å². The summed E-state index contributed by atoms with van der Waals surface area (Å²) in [6.07, 6.45) is 8.33. The quantitative estimate of drug-likeness (QED) is 0.368. The van der Waals surface area contributed by atoms with Gasteiger partial charge in [0.15, 0.2) is 0 Å². The molecule has 1 rings (SSSR count). The number of alkyl halides is 1. The molecule has 0 N–H and O–H groups in total. The second kappa shape index (κ2) is 10.5. The fourth-order valence-corrected chi connectivity index (χ4v) is 2.83. The maximum Gasteiger partial charge on any atom is 0.308 e. The normalized spacial score (nSPS) is 23.3. The van der Waals surface area contributed by atoms with Gasteiger partial charge < -0.3 is 9.47 Å². The fraction of sp³-hybridized carbons (Fsp3) is 0.933. The molecule has 1 aliphatic carbocycles. The average Bonchev–Trinajstić information content (AvgIpc) is 2.43. The number of unbranched alkanes of at least 4 members (excludes halogenated alkanes) is 3. The Morgan fingerprint density at radius 2 is 1.79 bits per heavy atom. The molecule has 1 aliphatic rings. The largest absolute Gasteiger partial charge is 0.465 e. The highest BCUT2D eigenvalue weighted by atomic mass is 35.5. The zero-order valence-corrected chi connectivity index (χ0v) is 12.8. The predicted octanol–water partition coefficient (Wildman–Crippen LogP) is 3.78. The Bertz CT molecular complexity index is 238. The molecular formula is C15H27ClO3. The highest BCUT2D eigenvalue weighted by Crippen LogP contribution is 2.29. The van der Waals surface area contributed by atoms with Crippen LogP contribution in [-0.2, 0) is 14.3 Å². The second-order valence-electron chi connectivity index (χ2n) is 5.44. The molecule has 0 atom stereocenters. The minimum Gasteiger partial charge on any atom is -0.465 e. The highest BCUT2D eigenvalue weighted by molar-refractivity contribution is 6.17. The molecule has 112 valence electrons. The lowest BCUT2D eigenvalue weighted by Crippen LogP contribution is -2.25. The Hall–Kier alpha value is -0.280. The van der Waals surface area contributed by atoms with E-state index in [1.807, 2.05) is 0 Å².